The largest absolute Gasteiger partial charge is 0.327 e. The van der Waals surface area contributed by atoms with Crippen molar-refractivity contribution in [2.75, 3.05) is 13.1 Å². The summed E-state index contributed by atoms with van der Waals surface area (Å²) in [7, 11) is 0. The summed E-state index contributed by atoms with van der Waals surface area (Å²) < 4.78 is 15.7. The topological polar surface area (TPSA) is 29.9 Å². The van der Waals surface area contributed by atoms with E-state index < -0.39 is 0 Å². The van der Waals surface area contributed by atoms with Crippen LogP contribution in [-0.2, 0) is 0 Å². The van der Waals surface area contributed by atoms with Crippen LogP contribution >= 0.6 is 0 Å². The highest BCUT2D eigenvalue weighted by molar-refractivity contribution is 5.76. The third-order valence-corrected chi connectivity index (χ3v) is 3.56. The standard InChI is InChI=1S/C13H16FN3/c1-9-6-12-13(7-11(9)14)17(8-16-12)10-2-4-15-5-3-10/h6-8,10,15H,2-5H2,1H3. The van der Waals surface area contributed by atoms with E-state index in [1.807, 2.05) is 12.4 Å². The van der Waals surface area contributed by atoms with Crippen molar-refractivity contribution in [1.29, 1.82) is 0 Å². The molecule has 1 saturated heterocycles. The van der Waals surface area contributed by atoms with Gasteiger partial charge in [0.05, 0.1) is 17.4 Å². The molecule has 1 aliphatic heterocycles. The number of benzene rings is 1. The lowest BCUT2D eigenvalue weighted by molar-refractivity contribution is 0.374. The zero-order valence-electron chi connectivity index (χ0n) is 9.91. The summed E-state index contributed by atoms with van der Waals surface area (Å²) in [6.07, 6.45) is 4.02. The van der Waals surface area contributed by atoms with Crippen LogP contribution in [-0.4, -0.2) is 22.6 Å². The Kier molecular flexibility index (Phi) is 2.59. The minimum Gasteiger partial charge on any atom is -0.327 e. The zero-order valence-corrected chi connectivity index (χ0v) is 9.91. The zero-order chi connectivity index (χ0) is 11.8. The fraction of sp³-hybridized carbons (Fsp3) is 0.462. The first-order valence-corrected chi connectivity index (χ1v) is 6.09. The van der Waals surface area contributed by atoms with Gasteiger partial charge in [-0.3, -0.25) is 0 Å². The van der Waals surface area contributed by atoms with E-state index in [1.54, 1.807) is 13.0 Å². The van der Waals surface area contributed by atoms with Crippen LogP contribution in [0.4, 0.5) is 4.39 Å². The third-order valence-electron chi connectivity index (χ3n) is 3.56. The number of rotatable bonds is 1. The van der Waals surface area contributed by atoms with Gasteiger partial charge in [0.1, 0.15) is 5.82 Å². The van der Waals surface area contributed by atoms with Crippen LogP contribution in [0.5, 0.6) is 0 Å². The van der Waals surface area contributed by atoms with Crippen LogP contribution in [0.1, 0.15) is 24.4 Å². The highest BCUT2D eigenvalue weighted by Gasteiger charge is 2.17. The number of hydrogen-bond donors (Lipinski definition) is 1. The summed E-state index contributed by atoms with van der Waals surface area (Å²) >= 11 is 0. The van der Waals surface area contributed by atoms with Gasteiger partial charge in [0, 0.05) is 12.1 Å². The first-order valence-electron chi connectivity index (χ1n) is 6.09. The van der Waals surface area contributed by atoms with Gasteiger partial charge in [-0.15, -0.1) is 0 Å². The summed E-state index contributed by atoms with van der Waals surface area (Å²) in [4.78, 5) is 4.37. The minimum absolute atomic E-state index is 0.145. The predicted molar refractivity (Wildman–Crippen MR) is 65.6 cm³/mol. The molecule has 4 heteroatoms. The van der Waals surface area contributed by atoms with E-state index in [2.05, 4.69) is 14.9 Å². The van der Waals surface area contributed by atoms with Crippen LogP contribution in [0.25, 0.3) is 11.0 Å². The van der Waals surface area contributed by atoms with E-state index in [0.717, 1.165) is 37.0 Å². The van der Waals surface area contributed by atoms with Crippen molar-refractivity contribution in [3.05, 3.63) is 29.8 Å². The van der Waals surface area contributed by atoms with Crippen molar-refractivity contribution >= 4 is 11.0 Å². The highest BCUT2D eigenvalue weighted by Crippen LogP contribution is 2.25. The van der Waals surface area contributed by atoms with Crippen LogP contribution in [0, 0.1) is 12.7 Å². The molecule has 17 heavy (non-hydrogen) atoms. The molecule has 90 valence electrons. The molecular weight excluding hydrogens is 217 g/mol. The van der Waals surface area contributed by atoms with Crippen molar-refractivity contribution in [1.82, 2.24) is 14.9 Å². The minimum atomic E-state index is -0.145. The maximum absolute atomic E-state index is 13.6. The number of hydrogen-bond acceptors (Lipinski definition) is 2. The smallest absolute Gasteiger partial charge is 0.128 e. The molecule has 1 aromatic heterocycles. The highest BCUT2D eigenvalue weighted by atomic mass is 19.1. The van der Waals surface area contributed by atoms with E-state index in [0.29, 0.717) is 11.6 Å². The van der Waals surface area contributed by atoms with E-state index in [1.165, 1.54) is 0 Å². The fourth-order valence-corrected chi connectivity index (χ4v) is 2.53. The van der Waals surface area contributed by atoms with Crippen molar-refractivity contribution < 1.29 is 4.39 Å². The van der Waals surface area contributed by atoms with E-state index >= 15 is 0 Å². The molecule has 2 heterocycles. The second kappa shape index (κ2) is 4.11. The quantitative estimate of drug-likeness (QED) is 0.819. The summed E-state index contributed by atoms with van der Waals surface area (Å²) in [5.41, 5.74) is 2.47. The lowest BCUT2D eigenvalue weighted by Crippen LogP contribution is -2.29. The maximum Gasteiger partial charge on any atom is 0.128 e. The van der Waals surface area contributed by atoms with Crippen molar-refractivity contribution in [2.45, 2.75) is 25.8 Å². The van der Waals surface area contributed by atoms with Crippen molar-refractivity contribution in [2.24, 2.45) is 0 Å². The van der Waals surface area contributed by atoms with Crippen LogP contribution in [0.3, 0.4) is 0 Å². The SMILES string of the molecule is Cc1cc2ncn(C3CCNCC3)c2cc1F. The molecule has 0 atom stereocenters. The Labute approximate surface area is 99.7 Å². The number of aromatic nitrogens is 2. The molecule has 0 aliphatic carbocycles. The van der Waals surface area contributed by atoms with Gasteiger partial charge in [-0.05, 0) is 44.5 Å². The number of halogens is 1. The Balaban J connectivity index is 2.07. The van der Waals surface area contributed by atoms with Gasteiger partial charge in [0.15, 0.2) is 0 Å². The van der Waals surface area contributed by atoms with E-state index in [9.17, 15) is 4.39 Å². The molecule has 0 radical (unpaired) electrons. The third kappa shape index (κ3) is 1.82. The van der Waals surface area contributed by atoms with Gasteiger partial charge >= 0.3 is 0 Å². The van der Waals surface area contributed by atoms with Crippen molar-refractivity contribution in [3.63, 3.8) is 0 Å². The van der Waals surface area contributed by atoms with Gasteiger partial charge in [-0.2, -0.15) is 0 Å². The summed E-state index contributed by atoms with van der Waals surface area (Å²) in [6, 6.07) is 3.88. The number of nitrogens with zero attached hydrogens (tertiary/aromatic N) is 2. The molecule has 1 aliphatic rings. The Bertz CT molecular complexity index is 541. The lowest BCUT2D eigenvalue weighted by atomic mass is 10.1. The molecule has 1 aromatic carbocycles. The molecule has 2 aromatic rings. The fourth-order valence-electron chi connectivity index (χ4n) is 2.53. The Hall–Kier alpha value is -1.42. The van der Waals surface area contributed by atoms with Gasteiger partial charge < -0.3 is 9.88 Å². The second-order valence-electron chi connectivity index (χ2n) is 4.72. The second-order valence-corrected chi connectivity index (χ2v) is 4.72. The number of imidazole rings is 1. The predicted octanol–water partition coefficient (Wildman–Crippen LogP) is 2.41. The van der Waals surface area contributed by atoms with Gasteiger partial charge in [-0.25, -0.2) is 9.37 Å². The number of nitrogens with one attached hydrogen (secondary N) is 1. The monoisotopic (exact) mass is 233 g/mol. The maximum atomic E-state index is 13.6. The Morgan fingerprint density at radius 2 is 2.12 bits per heavy atom. The Morgan fingerprint density at radius 1 is 1.35 bits per heavy atom. The molecule has 3 nitrogen and oxygen atoms in total. The summed E-state index contributed by atoms with van der Waals surface area (Å²) in [5, 5.41) is 3.34. The first kappa shape index (κ1) is 10.7. The molecule has 3 rings (SSSR count). The van der Waals surface area contributed by atoms with Gasteiger partial charge in [0.25, 0.3) is 0 Å². The molecule has 1 N–H and O–H groups in total. The summed E-state index contributed by atoms with van der Waals surface area (Å²) in [6.45, 7) is 3.83. The van der Waals surface area contributed by atoms with Crippen LogP contribution < -0.4 is 5.32 Å². The molecule has 0 amide bonds. The van der Waals surface area contributed by atoms with Crippen molar-refractivity contribution in [3.8, 4) is 0 Å². The normalized spacial score (nSPS) is 17.8. The number of aryl methyl sites for hydroxylation is 1. The Morgan fingerprint density at radius 3 is 2.88 bits per heavy atom. The van der Waals surface area contributed by atoms with E-state index in [4.69, 9.17) is 0 Å². The summed E-state index contributed by atoms with van der Waals surface area (Å²) in [5.74, 6) is -0.145. The van der Waals surface area contributed by atoms with Gasteiger partial charge in [0.2, 0.25) is 0 Å². The first-order chi connectivity index (χ1) is 8.25. The average molecular weight is 233 g/mol. The molecule has 0 spiro atoms. The molecule has 0 saturated carbocycles. The average Bonchev–Trinajstić information content (AvgIpc) is 2.74. The number of fused-ring (bicyclic) bond motifs is 1. The van der Waals surface area contributed by atoms with Crippen LogP contribution in [0.2, 0.25) is 0 Å². The molecular formula is C13H16FN3. The molecule has 0 unspecified atom stereocenters. The molecule has 1 fully saturated rings. The van der Waals surface area contributed by atoms with Crippen LogP contribution in [0.15, 0.2) is 18.5 Å². The molecule has 0 bridgehead atoms. The van der Waals surface area contributed by atoms with Gasteiger partial charge in [-0.1, -0.05) is 0 Å². The number of piperidine rings is 1. The lowest BCUT2D eigenvalue weighted by Gasteiger charge is -2.24. The van der Waals surface area contributed by atoms with E-state index in [-0.39, 0.29) is 5.82 Å².